The van der Waals surface area contributed by atoms with E-state index in [-0.39, 0.29) is 0 Å². The Morgan fingerprint density at radius 2 is 2.27 bits per heavy atom. The molecule has 0 unspecified atom stereocenters. The average molecular weight is 224 g/mol. The summed E-state index contributed by atoms with van der Waals surface area (Å²) in [4.78, 5) is 0. The molecule has 0 atom stereocenters. The molecular formula is C11H14ClN3. The van der Waals surface area contributed by atoms with Crippen molar-refractivity contribution in [3.8, 4) is 0 Å². The van der Waals surface area contributed by atoms with Crippen LogP contribution in [-0.4, -0.2) is 23.4 Å². The molecule has 1 aromatic heterocycles. The lowest BCUT2D eigenvalue weighted by molar-refractivity contribution is 0.688. The number of fused-ring (bicyclic) bond motifs is 1. The van der Waals surface area contributed by atoms with E-state index in [1.54, 1.807) is 0 Å². The molecule has 2 rings (SSSR count). The second kappa shape index (κ2) is 4.21. The fourth-order valence-corrected chi connectivity index (χ4v) is 1.93. The maximum absolute atomic E-state index is 5.92. The molecular weight excluding hydrogens is 210 g/mol. The molecule has 0 bridgehead atoms. The predicted molar refractivity (Wildman–Crippen MR) is 63.4 cm³/mol. The summed E-state index contributed by atoms with van der Waals surface area (Å²) >= 11 is 5.92. The molecule has 1 aromatic carbocycles. The lowest BCUT2D eigenvalue weighted by atomic mass is 10.1. The first-order valence-corrected chi connectivity index (χ1v) is 5.36. The predicted octanol–water partition coefficient (Wildman–Crippen LogP) is 1.99. The van der Waals surface area contributed by atoms with Gasteiger partial charge in [-0.3, -0.25) is 4.68 Å². The highest BCUT2D eigenvalue weighted by atomic mass is 35.5. The standard InChI is InChI=1S/C11H14ClN3/c1-13-6-5-11-9-4-3-8(12)7-10(9)14-15(11)2/h3-4,7,13H,5-6H2,1-2H3. The molecule has 0 aliphatic carbocycles. The lowest BCUT2D eigenvalue weighted by Gasteiger charge is -2.01. The Hall–Kier alpha value is -1.06. The Bertz CT molecular complexity index is 476. The van der Waals surface area contributed by atoms with Gasteiger partial charge >= 0.3 is 0 Å². The first-order valence-electron chi connectivity index (χ1n) is 4.98. The fraction of sp³-hybridized carbons (Fsp3) is 0.364. The molecule has 1 heterocycles. The molecule has 0 aliphatic rings. The van der Waals surface area contributed by atoms with Gasteiger partial charge in [0.15, 0.2) is 0 Å². The van der Waals surface area contributed by atoms with Crippen LogP contribution in [0.2, 0.25) is 5.02 Å². The van der Waals surface area contributed by atoms with Crippen molar-refractivity contribution in [2.24, 2.45) is 7.05 Å². The maximum atomic E-state index is 5.92. The highest BCUT2D eigenvalue weighted by Crippen LogP contribution is 2.21. The van der Waals surface area contributed by atoms with Crippen molar-refractivity contribution in [3.63, 3.8) is 0 Å². The van der Waals surface area contributed by atoms with Crippen LogP contribution in [0.4, 0.5) is 0 Å². The molecule has 0 saturated heterocycles. The molecule has 0 aliphatic heterocycles. The van der Waals surface area contributed by atoms with Crippen molar-refractivity contribution >= 4 is 22.5 Å². The van der Waals surface area contributed by atoms with E-state index in [0.717, 1.165) is 23.5 Å². The van der Waals surface area contributed by atoms with Crippen molar-refractivity contribution in [2.75, 3.05) is 13.6 Å². The van der Waals surface area contributed by atoms with E-state index < -0.39 is 0 Å². The van der Waals surface area contributed by atoms with Gasteiger partial charge in [-0.2, -0.15) is 5.10 Å². The minimum absolute atomic E-state index is 0.737. The molecule has 15 heavy (non-hydrogen) atoms. The number of halogens is 1. The first kappa shape index (κ1) is 10.5. The van der Waals surface area contributed by atoms with Crippen molar-refractivity contribution in [3.05, 3.63) is 28.9 Å². The summed E-state index contributed by atoms with van der Waals surface area (Å²) < 4.78 is 1.93. The van der Waals surface area contributed by atoms with Crippen LogP contribution in [0.25, 0.3) is 10.9 Å². The Labute approximate surface area is 94.0 Å². The third-order valence-electron chi connectivity index (χ3n) is 2.53. The number of hydrogen-bond acceptors (Lipinski definition) is 2. The number of benzene rings is 1. The van der Waals surface area contributed by atoms with E-state index in [0.29, 0.717) is 0 Å². The zero-order chi connectivity index (χ0) is 10.8. The third kappa shape index (κ3) is 1.98. The van der Waals surface area contributed by atoms with Crippen LogP contribution in [0.5, 0.6) is 0 Å². The Balaban J connectivity index is 2.48. The van der Waals surface area contributed by atoms with Gasteiger partial charge in [0.2, 0.25) is 0 Å². The van der Waals surface area contributed by atoms with E-state index in [2.05, 4.69) is 10.4 Å². The van der Waals surface area contributed by atoms with Gasteiger partial charge in [0.25, 0.3) is 0 Å². The topological polar surface area (TPSA) is 29.9 Å². The van der Waals surface area contributed by atoms with E-state index in [1.807, 2.05) is 37.0 Å². The zero-order valence-electron chi connectivity index (χ0n) is 8.92. The average Bonchev–Trinajstić information content (AvgIpc) is 2.50. The van der Waals surface area contributed by atoms with Gasteiger partial charge < -0.3 is 5.32 Å². The normalized spacial score (nSPS) is 11.1. The van der Waals surface area contributed by atoms with Gasteiger partial charge in [0.05, 0.1) is 5.52 Å². The summed E-state index contributed by atoms with van der Waals surface area (Å²) in [7, 11) is 3.92. The van der Waals surface area contributed by atoms with Gasteiger partial charge in [-0.15, -0.1) is 0 Å². The summed E-state index contributed by atoms with van der Waals surface area (Å²) in [6.07, 6.45) is 0.977. The number of aryl methyl sites for hydroxylation is 1. The Morgan fingerprint density at radius 3 is 3.00 bits per heavy atom. The fourth-order valence-electron chi connectivity index (χ4n) is 1.77. The van der Waals surface area contributed by atoms with Crippen LogP contribution in [-0.2, 0) is 13.5 Å². The van der Waals surface area contributed by atoms with E-state index >= 15 is 0 Å². The van der Waals surface area contributed by atoms with Gasteiger partial charge in [-0.1, -0.05) is 11.6 Å². The van der Waals surface area contributed by atoms with E-state index in [4.69, 9.17) is 11.6 Å². The van der Waals surface area contributed by atoms with Crippen LogP contribution in [0, 0.1) is 0 Å². The first-order chi connectivity index (χ1) is 7.22. The van der Waals surface area contributed by atoms with Gasteiger partial charge in [0, 0.05) is 36.1 Å². The van der Waals surface area contributed by atoms with Crippen LogP contribution >= 0.6 is 11.6 Å². The number of rotatable bonds is 3. The van der Waals surface area contributed by atoms with Crippen molar-refractivity contribution in [2.45, 2.75) is 6.42 Å². The summed E-state index contributed by atoms with van der Waals surface area (Å²) in [5.74, 6) is 0. The molecule has 0 spiro atoms. The van der Waals surface area contributed by atoms with Crippen LogP contribution in [0.15, 0.2) is 18.2 Å². The maximum Gasteiger partial charge on any atom is 0.0940 e. The summed E-state index contributed by atoms with van der Waals surface area (Å²) in [5, 5.41) is 9.50. The monoisotopic (exact) mass is 223 g/mol. The second-order valence-electron chi connectivity index (χ2n) is 3.59. The molecule has 4 heteroatoms. The van der Waals surface area contributed by atoms with Crippen molar-refractivity contribution in [1.29, 1.82) is 0 Å². The molecule has 0 fully saturated rings. The Kier molecular flexibility index (Phi) is 2.93. The summed E-state index contributed by atoms with van der Waals surface area (Å²) in [6.45, 7) is 0.956. The van der Waals surface area contributed by atoms with Gasteiger partial charge in [0.1, 0.15) is 0 Å². The second-order valence-corrected chi connectivity index (χ2v) is 4.02. The molecule has 3 nitrogen and oxygen atoms in total. The summed E-state index contributed by atoms with van der Waals surface area (Å²) in [6, 6.07) is 5.85. The lowest BCUT2D eigenvalue weighted by Crippen LogP contribution is -2.12. The smallest absolute Gasteiger partial charge is 0.0940 e. The molecule has 0 radical (unpaired) electrons. The molecule has 1 N–H and O–H groups in total. The van der Waals surface area contributed by atoms with Crippen molar-refractivity contribution < 1.29 is 0 Å². The highest BCUT2D eigenvalue weighted by molar-refractivity contribution is 6.31. The minimum Gasteiger partial charge on any atom is -0.319 e. The Morgan fingerprint density at radius 1 is 1.47 bits per heavy atom. The van der Waals surface area contributed by atoms with E-state index in [9.17, 15) is 0 Å². The molecule has 80 valence electrons. The van der Waals surface area contributed by atoms with Crippen LogP contribution < -0.4 is 5.32 Å². The molecule has 2 aromatic rings. The van der Waals surface area contributed by atoms with E-state index in [1.165, 1.54) is 11.1 Å². The molecule has 0 saturated carbocycles. The number of likely N-dealkylation sites (N-methyl/N-ethyl adjacent to an activating group) is 1. The number of hydrogen-bond donors (Lipinski definition) is 1. The van der Waals surface area contributed by atoms with Crippen molar-refractivity contribution in [1.82, 2.24) is 15.1 Å². The van der Waals surface area contributed by atoms with Gasteiger partial charge in [-0.25, -0.2) is 0 Å². The van der Waals surface area contributed by atoms with Crippen LogP contribution in [0.3, 0.4) is 0 Å². The summed E-state index contributed by atoms with van der Waals surface area (Å²) in [5.41, 5.74) is 2.21. The quantitative estimate of drug-likeness (QED) is 0.863. The highest BCUT2D eigenvalue weighted by Gasteiger charge is 2.08. The molecule has 0 amide bonds. The zero-order valence-corrected chi connectivity index (χ0v) is 9.67. The largest absolute Gasteiger partial charge is 0.319 e. The number of nitrogens with zero attached hydrogens (tertiary/aromatic N) is 2. The number of nitrogens with one attached hydrogen (secondary N) is 1. The number of aromatic nitrogens is 2. The van der Waals surface area contributed by atoms with Crippen LogP contribution in [0.1, 0.15) is 5.69 Å². The van der Waals surface area contributed by atoms with Gasteiger partial charge in [-0.05, 0) is 25.2 Å². The SMILES string of the molecule is CNCCc1c2ccc(Cl)cc2nn1C. The minimum atomic E-state index is 0.737. The third-order valence-corrected chi connectivity index (χ3v) is 2.77.